The summed E-state index contributed by atoms with van der Waals surface area (Å²) < 4.78 is 13.7. The summed E-state index contributed by atoms with van der Waals surface area (Å²) in [6.07, 6.45) is 1.76. The van der Waals surface area contributed by atoms with E-state index >= 15 is 0 Å². The summed E-state index contributed by atoms with van der Waals surface area (Å²) in [6.45, 7) is 6.87. The minimum Gasteiger partial charge on any atom is -0.484 e. The predicted molar refractivity (Wildman–Crippen MR) is 148 cm³/mol. The lowest BCUT2D eigenvalue weighted by Crippen LogP contribution is -2.24. The Morgan fingerprint density at radius 3 is 2.68 bits per heavy atom. The first-order valence-electron chi connectivity index (χ1n) is 12.3. The van der Waals surface area contributed by atoms with E-state index in [-0.39, 0.29) is 24.3 Å². The number of rotatable bonds is 8. The molecule has 0 unspecified atom stereocenters. The van der Waals surface area contributed by atoms with Crippen molar-refractivity contribution in [3.63, 3.8) is 0 Å². The van der Waals surface area contributed by atoms with Gasteiger partial charge in [-0.3, -0.25) is 9.59 Å². The monoisotopic (exact) mass is 531 g/mol. The van der Waals surface area contributed by atoms with Crippen LogP contribution in [0.25, 0.3) is 32.6 Å². The third-order valence-electron chi connectivity index (χ3n) is 6.34. The molecule has 0 atom stereocenters. The third-order valence-corrected chi connectivity index (χ3v) is 7.20. The maximum Gasteiger partial charge on any atom is 0.307 e. The zero-order chi connectivity index (χ0) is 27.0. The number of carbonyl (C=O) groups is 2. The topological polar surface area (TPSA) is 107 Å². The van der Waals surface area contributed by atoms with Crippen molar-refractivity contribution in [2.24, 2.45) is 0 Å². The van der Waals surface area contributed by atoms with Gasteiger partial charge in [-0.05, 0) is 47.5 Å². The van der Waals surface area contributed by atoms with Gasteiger partial charge in [0.25, 0.3) is 5.91 Å². The van der Waals surface area contributed by atoms with Gasteiger partial charge in [0.1, 0.15) is 11.3 Å². The summed E-state index contributed by atoms with van der Waals surface area (Å²) in [7, 11) is 1.55. The molecule has 3 heterocycles. The van der Waals surface area contributed by atoms with Crippen molar-refractivity contribution in [1.29, 1.82) is 0 Å². The normalized spacial score (nSPS) is 11.8. The van der Waals surface area contributed by atoms with Gasteiger partial charge >= 0.3 is 5.97 Å². The van der Waals surface area contributed by atoms with E-state index in [1.54, 1.807) is 30.5 Å². The van der Waals surface area contributed by atoms with Crippen LogP contribution in [-0.4, -0.2) is 40.2 Å². The Morgan fingerprint density at radius 2 is 1.97 bits per heavy atom. The first kappa shape index (κ1) is 25.5. The first-order chi connectivity index (χ1) is 18.1. The van der Waals surface area contributed by atoms with Gasteiger partial charge in [0.2, 0.25) is 0 Å². The van der Waals surface area contributed by atoms with Crippen LogP contribution in [0.3, 0.4) is 0 Å². The summed E-state index contributed by atoms with van der Waals surface area (Å²) in [5.41, 5.74) is 4.43. The number of ether oxygens (including phenoxy) is 1. The van der Waals surface area contributed by atoms with Gasteiger partial charge in [0, 0.05) is 46.9 Å². The largest absolute Gasteiger partial charge is 0.484 e. The van der Waals surface area contributed by atoms with Crippen molar-refractivity contribution in [3.05, 3.63) is 70.9 Å². The number of hydrogen-bond acceptors (Lipinski definition) is 6. The SMILES string of the molecule is CNC(=O)COc1ccc2c(c1)c(CC(=O)O)cn2Cc1ccc2oc(-c3nc(C(C)(C)C)cs3)cc2c1. The fourth-order valence-electron chi connectivity index (χ4n) is 4.32. The molecular weight excluding hydrogens is 502 g/mol. The molecule has 2 aromatic carbocycles. The molecule has 0 aliphatic carbocycles. The summed E-state index contributed by atoms with van der Waals surface area (Å²) in [5, 5.41) is 16.7. The zero-order valence-corrected chi connectivity index (χ0v) is 22.5. The van der Waals surface area contributed by atoms with Crippen LogP contribution in [0.1, 0.15) is 37.6 Å². The number of carbonyl (C=O) groups excluding carboxylic acids is 1. The summed E-state index contributed by atoms with van der Waals surface area (Å²) in [6, 6.07) is 13.6. The fraction of sp³-hybridized carbons (Fsp3) is 0.276. The molecule has 0 radical (unpaired) electrons. The highest BCUT2D eigenvalue weighted by atomic mass is 32.1. The maximum atomic E-state index is 11.6. The van der Waals surface area contributed by atoms with Gasteiger partial charge in [-0.25, -0.2) is 4.98 Å². The van der Waals surface area contributed by atoms with E-state index < -0.39 is 5.97 Å². The quantitative estimate of drug-likeness (QED) is 0.270. The molecular formula is C29H29N3O5S. The molecule has 5 aromatic rings. The smallest absolute Gasteiger partial charge is 0.307 e. The summed E-state index contributed by atoms with van der Waals surface area (Å²) in [4.78, 5) is 27.9. The second-order valence-electron chi connectivity index (χ2n) is 10.3. The minimum absolute atomic E-state index is 0.0238. The van der Waals surface area contributed by atoms with E-state index in [4.69, 9.17) is 14.1 Å². The number of amides is 1. The number of nitrogens with one attached hydrogen (secondary N) is 1. The average molecular weight is 532 g/mol. The van der Waals surface area contributed by atoms with Crippen molar-refractivity contribution < 1.29 is 23.8 Å². The van der Waals surface area contributed by atoms with E-state index in [2.05, 4.69) is 37.5 Å². The standard InChI is InChI=1S/C29H29N3O5S/c1-29(2,3)25-16-38-28(31-25)24-10-18-9-17(5-8-23(18)37-24)13-32-14-19(11-27(34)35)21-12-20(6-7-22(21)32)36-15-26(33)30-4/h5-10,12,14,16H,11,13,15H2,1-4H3,(H,30,33)(H,34,35). The lowest BCUT2D eigenvalue weighted by Gasteiger charge is -2.13. The van der Waals surface area contributed by atoms with Crippen LogP contribution in [0.5, 0.6) is 5.75 Å². The number of aromatic nitrogens is 2. The molecule has 3 aromatic heterocycles. The van der Waals surface area contributed by atoms with E-state index in [0.717, 1.165) is 43.9 Å². The molecule has 38 heavy (non-hydrogen) atoms. The molecule has 5 rings (SSSR count). The molecule has 1 amide bonds. The van der Waals surface area contributed by atoms with E-state index in [0.29, 0.717) is 17.9 Å². The van der Waals surface area contributed by atoms with Gasteiger partial charge in [-0.2, -0.15) is 0 Å². The van der Waals surface area contributed by atoms with Gasteiger partial charge < -0.3 is 24.1 Å². The Kier molecular flexibility index (Phi) is 6.71. The highest BCUT2D eigenvalue weighted by Crippen LogP contribution is 2.34. The van der Waals surface area contributed by atoms with Crippen LogP contribution in [0, 0.1) is 0 Å². The van der Waals surface area contributed by atoms with Crippen LogP contribution in [0.2, 0.25) is 0 Å². The number of thiazole rings is 1. The van der Waals surface area contributed by atoms with Crippen molar-refractivity contribution in [2.45, 2.75) is 39.2 Å². The number of carboxylic acids is 1. The van der Waals surface area contributed by atoms with E-state index in [1.165, 1.54) is 0 Å². The number of aliphatic carboxylic acids is 1. The molecule has 0 aliphatic rings. The molecule has 0 fully saturated rings. The molecule has 0 bridgehead atoms. The van der Waals surface area contributed by atoms with Crippen LogP contribution in [-0.2, 0) is 28.0 Å². The average Bonchev–Trinajstić information content (AvgIpc) is 3.59. The molecule has 0 saturated heterocycles. The van der Waals surface area contributed by atoms with Crippen LogP contribution >= 0.6 is 11.3 Å². The van der Waals surface area contributed by atoms with Gasteiger partial charge in [0.05, 0.1) is 12.1 Å². The molecule has 8 nitrogen and oxygen atoms in total. The molecule has 0 spiro atoms. The number of benzene rings is 2. The Bertz CT molecular complexity index is 1650. The predicted octanol–water partition coefficient (Wildman–Crippen LogP) is 5.61. The summed E-state index contributed by atoms with van der Waals surface area (Å²) >= 11 is 1.58. The van der Waals surface area contributed by atoms with Crippen LogP contribution in [0.15, 0.2) is 58.5 Å². The number of carboxylic acid groups (broad SMARTS) is 1. The Balaban J connectivity index is 1.44. The van der Waals surface area contributed by atoms with Crippen molar-refractivity contribution >= 4 is 45.1 Å². The first-order valence-corrected chi connectivity index (χ1v) is 13.1. The second-order valence-corrected chi connectivity index (χ2v) is 11.1. The summed E-state index contributed by atoms with van der Waals surface area (Å²) in [5.74, 6) is 0.104. The molecule has 9 heteroatoms. The van der Waals surface area contributed by atoms with E-state index in [9.17, 15) is 14.7 Å². The van der Waals surface area contributed by atoms with Gasteiger partial charge in [0.15, 0.2) is 17.4 Å². The third kappa shape index (κ3) is 5.28. The molecule has 0 aliphatic heterocycles. The lowest BCUT2D eigenvalue weighted by molar-refractivity contribution is -0.136. The van der Waals surface area contributed by atoms with Crippen LogP contribution < -0.4 is 10.1 Å². The molecule has 2 N–H and O–H groups in total. The number of hydrogen-bond donors (Lipinski definition) is 2. The molecule has 0 saturated carbocycles. The fourth-order valence-corrected chi connectivity index (χ4v) is 5.32. The van der Waals surface area contributed by atoms with E-state index in [1.807, 2.05) is 35.0 Å². The zero-order valence-electron chi connectivity index (χ0n) is 21.7. The van der Waals surface area contributed by atoms with Crippen molar-refractivity contribution in [3.8, 4) is 16.5 Å². The van der Waals surface area contributed by atoms with Gasteiger partial charge in [-0.1, -0.05) is 26.8 Å². The second kappa shape index (κ2) is 9.98. The van der Waals surface area contributed by atoms with Crippen LogP contribution in [0.4, 0.5) is 0 Å². The van der Waals surface area contributed by atoms with Crippen molar-refractivity contribution in [1.82, 2.24) is 14.9 Å². The number of likely N-dealkylation sites (N-methyl/N-ethyl adjacent to an activating group) is 1. The Labute approximate surface area is 223 Å². The Hall–Kier alpha value is -4.11. The van der Waals surface area contributed by atoms with Gasteiger partial charge in [-0.15, -0.1) is 11.3 Å². The highest BCUT2D eigenvalue weighted by Gasteiger charge is 2.20. The minimum atomic E-state index is -0.912. The maximum absolute atomic E-state index is 11.6. The number of furan rings is 1. The van der Waals surface area contributed by atoms with Crippen molar-refractivity contribution in [2.75, 3.05) is 13.7 Å². The lowest BCUT2D eigenvalue weighted by atomic mass is 9.93. The highest BCUT2D eigenvalue weighted by molar-refractivity contribution is 7.13. The number of fused-ring (bicyclic) bond motifs is 2. The molecule has 196 valence electrons. The number of nitrogens with zero attached hydrogens (tertiary/aromatic N) is 2. The Morgan fingerprint density at radius 1 is 1.16 bits per heavy atom.